The molecule has 4 heteroatoms. The maximum Gasteiger partial charge on any atom is 0.337 e. The number of hydrogen-bond acceptors (Lipinski definition) is 4. The Bertz CT molecular complexity index is 360. The van der Waals surface area contributed by atoms with Gasteiger partial charge in [-0.25, -0.2) is 4.79 Å². The number of carbonyl (C=O) groups is 1. The van der Waals surface area contributed by atoms with Crippen LogP contribution in [0.25, 0.3) is 0 Å². The van der Waals surface area contributed by atoms with Gasteiger partial charge in [0.05, 0.1) is 12.7 Å². The van der Waals surface area contributed by atoms with Crippen LogP contribution < -0.4 is 5.73 Å². The number of esters is 1. The first-order valence-corrected chi connectivity index (χ1v) is 5.12. The molecule has 0 saturated heterocycles. The number of nitrogens with two attached hydrogens (primary N) is 1. The van der Waals surface area contributed by atoms with Crippen molar-refractivity contribution < 1.29 is 9.53 Å². The van der Waals surface area contributed by atoms with Crippen molar-refractivity contribution in [3.05, 3.63) is 35.4 Å². The van der Waals surface area contributed by atoms with Gasteiger partial charge in [0.15, 0.2) is 0 Å². The Labute approximate surface area is 94.9 Å². The molecule has 0 aromatic heterocycles. The molecule has 1 rings (SSSR count). The van der Waals surface area contributed by atoms with Crippen LogP contribution in [-0.4, -0.2) is 19.3 Å². The lowest BCUT2D eigenvalue weighted by atomic mass is 10.0. The molecule has 4 nitrogen and oxygen atoms in total. The standard InChI is InChI=1S/C12H16N2O2/c1-16-12(15)10-6-4-9(5-7-10)11(14)3-2-8-13/h4-8,11,13H,2-3,14H2,1H3. The maximum absolute atomic E-state index is 11.2. The normalized spacial score (nSPS) is 11.9. The van der Waals surface area contributed by atoms with Crippen molar-refractivity contribution in [3.63, 3.8) is 0 Å². The number of rotatable bonds is 5. The summed E-state index contributed by atoms with van der Waals surface area (Å²) in [6, 6.07) is 6.95. The molecule has 0 spiro atoms. The summed E-state index contributed by atoms with van der Waals surface area (Å²) in [5.41, 5.74) is 7.41. The first kappa shape index (κ1) is 12.4. The summed E-state index contributed by atoms with van der Waals surface area (Å²) in [7, 11) is 1.35. The third kappa shape index (κ3) is 3.17. The van der Waals surface area contributed by atoms with Gasteiger partial charge < -0.3 is 15.9 Å². The van der Waals surface area contributed by atoms with E-state index in [2.05, 4.69) is 4.74 Å². The number of hydrogen-bond donors (Lipinski definition) is 2. The second kappa shape index (κ2) is 6.02. The van der Waals surface area contributed by atoms with E-state index < -0.39 is 0 Å². The third-order valence-electron chi connectivity index (χ3n) is 2.38. The van der Waals surface area contributed by atoms with Crippen LogP contribution in [0.2, 0.25) is 0 Å². The van der Waals surface area contributed by atoms with E-state index >= 15 is 0 Å². The zero-order valence-corrected chi connectivity index (χ0v) is 9.27. The highest BCUT2D eigenvalue weighted by molar-refractivity contribution is 5.89. The van der Waals surface area contributed by atoms with Crippen molar-refractivity contribution in [1.82, 2.24) is 0 Å². The molecule has 0 saturated carbocycles. The lowest BCUT2D eigenvalue weighted by Crippen LogP contribution is -2.10. The van der Waals surface area contributed by atoms with Gasteiger partial charge in [0.25, 0.3) is 0 Å². The molecular weight excluding hydrogens is 204 g/mol. The summed E-state index contributed by atoms with van der Waals surface area (Å²) in [6.45, 7) is 0. The summed E-state index contributed by atoms with van der Waals surface area (Å²) in [5, 5.41) is 6.93. The zero-order valence-electron chi connectivity index (χ0n) is 9.27. The van der Waals surface area contributed by atoms with Gasteiger partial charge in [0, 0.05) is 6.04 Å². The molecule has 0 heterocycles. The van der Waals surface area contributed by atoms with Crippen LogP contribution in [0.15, 0.2) is 24.3 Å². The van der Waals surface area contributed by atoms with Crippen molar-refractivity contribution >= 4 is 12.2 Å². The highest BCUT2D eigenvalue weighted by Crippen LogP contribution is 2.16. The van der Waals surface area contributed by atoms with Crippen LogP contribution in [0.1, 0.15) is 34.8 Å². The van der Waals surface area contributed by atoms with Gasteiger partial charge in [0.1, 0.15) is 0 Å². The Hall–Kier alpha value is -1.68. The molecule has 0 fully saturated rings. The zero-order chi connectivity index (χ0) is 12.0. The Morgan fingerprint density at radius 3 is 2.62 bits per heavy atom. The minimum Gasteiger partial charge on any atom is -0.465 e. The second-order valence-electron chi connectivity index (χ2n) is 3.50. The van der Waals surface area contributed by atoms with Crippen LogP contribution in [0.4, 0.5) is 0 Å². The van der Waals surface area contributed by atoms with Crippen LogP contribution >= 0.6 is 0 Å². The Morgan fingerprint density at radius 2 is 2.12 bits per heavy atom. The first-order chi connectivity index (χ1) is 7.69. The molecule has 1 aromatic rings. The van der Waals surface area contributed by atoms with Gasteiger partial charge in [0.2, 0.25) is 0 Å². The van der Waals surface area contributed by atoms with Gasteiger partial charge in [-0.15, -0.1) is 0 Å². The molecule has 0 radical (unpaired) electrons. The molecule has 0 aliphatic heterocycles. The van der Waals surface area contributed by atoms with Crippen LogP contribution in [0, 0.1) is 5.41 Å². The third-order valence-corrected chi connectivity index (χ3v) is 2.38. The smallest absolute Gasteiger partial charge is 0.337 e. The van der Waals surface area contributed by atoms with Crippen LogP contribution in [0.3, 0.4) is 0 Å². The predicted octanol–water partition coefficient (Wildman–Crippen LogP) is 1.90. The minimum atomic E-state index is -0.348. The summed E-state index contributed by atoms with van der Waals surface area (Å²) in [4.78, 5) is 11.2. The van der Waals surface area contributed by atoms with E-state index in [1.807, 2.05) is 12.1 Å². The Balaban J connectivity index is 2.70. The molecule has 3 N–H and O–H groups in total. The van der Waals surface area contributed by atoms with Crippen molar-refractivity contribution in [2.24, 2.45) is 5.73 Å². The van der Waals surface area contributed by atoms with Crippen LogP contribution in [-0.2, 0) is 4.74 Å². The van der Waals surface area contributed by atoms with E-state index in [4.69, 9.17) is 11.1 Å². The summed E-state index contributed by atoms with van der Waals surface area (Å²) < 4.78 is 4.60. The SMILES string of the molecule is COC(=O)c1ccc(C(N)CCC=N)cc1. The predicted molar refractivity (Wildman–Crippen MR) is 62.7 cm³/mol. The van der Waals surface area contributed by atoms with E-state index in [1.54, 1.807) is 12.1 Å². The van der Waals surface area contributed by atoms with Gasteiger partial charge in [-0.3, -0.25) is 0 Å². The lowest BCUT2D eigenvalue weighted by molar-refractivity contribution is 0.0600. The molecule has 1 unspecified atom stereocenters. The number of ether oxygens (including phenoxy) is 1. The molecule has 86 valence electrons. The maximum atomic E-state index is 11.2. The van der Waals surface area contributed by atoms with E-state index in [9.17, 15) is 4.79 Å². The minimum absolute atomic E-state index is 0.0895. The fraction of sp³-hybridized carbons (Fsp3) is 0.333. The molecular formula is C12H16N2O2. The fourth-order valence-electron chi connectivity index (χ4n) is 1.41. The summed E-state index contributed by atoms with van der Waals surface area (Å²) >= 11 is 0. The average molecular weight is 220 g/mol. The highest BCUT2D eigenvalue weighted by atomic mass is 16.5. The molecule has 1 atom stereocenters. The second-order valence-corrected chi connectivity index (χ2v) is 3.50. The topological polar surface area (TPSA) is 76.2 Å². The molecule has 0 bridgehead atoms. The van der Waals surface area contributed by atoms with Crippen molar-refractivity contribution in [1.29, 1.82) is 5.41 Å². The van der Waals surface area contributed by atoms with Crippen molar-refractivity contribution in [2.45, 2.75) is 18.9 Å². The number of benzene rings is 1. The monoisotopic (exact) mass is 220 g/mol. The number of nitrogens with one attached hydrogen (secondary N) is 1. The van der Waals surface area contributed by atoms with Crippen molar-refractivity contribution in [2.75, 3.05) is 7.11 Å². The average Bonchev–Trinajstić information content (AvgIpc) is 2.35. The largest absolute Gasteiger partial charge is 0.465 e. The molecule has 0 aliphatic carbocycles. The molecule has 0 amide bonds. The fourth-order valence-corrected chi connectivity index (χ4v) is 1.41. The quantitative estimate of drug-likeness (QED) is 0.587. The van der Waals surface area contributed by atoms with Gasteiger partial charge in [-0.05, 0) is 36.8 Å². The summed E-state index contributed by atoms with van der Waals surface area (Å²) in [5.74, 6) is -0.348. The Kier molecular flexibility index (Phi) is 4.66. The van der Waals surface area contributed by atoms with Gasteiger partial charge in [-0.1, -0.05) is 12.1 Å². The lowest BCUT2D eigenvalue weighted by Gasteiger charge is -2.10. The highest BCUT2D eigenvalue weighted by Gasteiger charge is 2.08. The van der Waals surface area contributed by atoms with Gasteiger partial charge >= 0.3 is 5.97 Å². The van der Waals surface area contributed by atoms with Crippen LogP contribution in [0.5, 0.6) is 0 Å². The van der Waals surface area contributed by atoms with Gasteiger partial charge in [-0.2, -0.15) is 0 Å². The number of methoxy groups -OCH3 is 1. The molecule has 16 heavy (non-hydrogen) atoms. The van der Waals surface area contributed by atoms with Crippen molar-refractivity contribution in [3.8, 4) is 0 Å². The number of carbonyl (C=O) groups excluding carboxylic acids is 1. The van der Waals surface area contributed by atoms with E-state index in [0.29, 0.717) is 12.0 Å². The van der Waals surface area contributed by atoms with E-state index in [-0.39, 0.29) is 12.0 Å². The first-order valence-electron chi connectivity index (χ1n) is 5.12. The van der Waals surface area contributed by atoms with E-state index in [0.717, 1.165) is 12.0 Å². The molecule has 1 aromatic carbocycles. The summed E-state index contributed by atoms with van der Waals surface area (Å²) in [6.07, 6.45) is 2.75. The Morgan fingerprint density at radius 1 is 1.50 bits per heavy atom. The molecule has 0 aliphatic rings. The van der Waals surface area contributed by atoms with E-state index in [1.165, 1.54) is 13.3 Å².